The van der Waals surface area contributed by atoms with Crippen LogP contribution in [0.15, 0.2) is 0 Å². The van der Waals surface area contributed by atoms with Gasteiger partial charge in [-0.1, -0.05) is 74.2 Å². The van der Waals surface area contributed by atoms with Crippen LogP contribution in [0.4, 0.5) is 0 Å². The lowest BCUT2D eigenvalue weighted by atomic mass is 9.80. The molecule has 1 aliphatic rings. The molecule has 1 aliphatic carbocycles. The zero-order valence-corrected chi connectivity index (χ0v) is 11.9. The van der Waals surface area contributed by atoms with Crippen molar-refractivity contribution in [1.29, 1.82) is 0 Å². The fraction of sp³-hybridized carbons (Fsp3) is 1.00. The Morgan fingerprint density at radius 2 is 1.47 bits per heavy atom. The molecular formula is C14H27Br. The smallest absolute Gasteiger partial charge is 0.00596 e. The molecule has 0 heterocycles. The average molecular weight is 275 g/mol. The summed E-state index contributed by atoms with van der Waals surface area (Å²) < 4.78 is 0. The van der Waals surface area contributed by atoms with Gasteiger partial charge in [0.1, 0.15) is 0 Å². The van der Waals surface area contributed by atoms with Gasteiger partial charge in [-0.15, -0.1) is 0 Å². The minimum atomic E-state index is 0.987. The Morgan fingerprint density at radius 1 is 0.867 bits per heavy atom. The molecule has 1 heteroatoms. The standard InChI is InChI=1S/C14H27Br/c1-2-3-4-5-6-7-13-8-10-14(12-15)11-9-13/h13-14H,2-12H2,1H3/t13-,14-. The minimum absolute atomic E-state index is 0.987. The van der Waals surface area contributed by atoms with Gasteiger partial charge in [-0.05, 0) is 24.7 Å². The molecule has 0 N–H and O–H groups in total. The van der Waals surface area contributed by atoms with Crippen LogP contribution in [0, 0.1) is 11.8 Å². The molecule has 0 nitrogen and oxygen atoms in total. The Kier molecular flexibility index (Phi) is 7.78. The van der Waals surface area contributed by atoms with Crippen molar-refractivity contribution in [2.75, 3.05) is 5.33 Å². The van der Waals surface area contributed by atoms with Crippen LogP contribution in [0.5, 0.6) is 0 Å². The largest absolute Gasteiger partial charge is 0.0925 e. The summed E-state index contributed by atoms with van der Waals surface area (Å²) in [6.45, 7) is 2.29. The Hall–Kier alpha value is 0.480. The molecule has 0 aromatic rings. The monoisotopic (exact) mass is 274 g/mol. The highest BCUT2D eigenvalue weighted by molar-refractivity contribution is 9.09. The van der Waals surface area contributed by atoms with Gasteiger partial charge in [0.25, 0.3) is 0 Å². The van der Waals surface area contributed by atoms with Crippen molar-refractivity contribution in [3.63, 3.8) is 0 Å². The number of hydrogen-bond donors (Lipinski definition) is 0. The van der Waals surface area contributed by atoms with Crippen molar-refractivity contribution in [3.8, 4) is 0 Å². The van der Waals surface area contributed by atoms with Crippen LogP contribution in [0.1, 0.15) is 71.1 Å². The van der Waals surface area contributed by atoms with E-state index >= 15 is 0 Å². The highest BCUT2D eigenvalue weighted by atomic mass is 79.9. The van der Waals surface area contributed by atoms with Gasteiger partial charge in [0, 0.05) is 5.33 Å². The Morgan fingerprint density at radius 3 is 2.07 bits per heavy atom. The van der Waals surface area contributed by atoms with E-state index in [1.165, 1.54) is 69.5 Å². The van der Waals surface area contributed by atoms with Crippen molar-refractivity contribution in [2.24, 2.45) is 11.8 Å². The molecule has 0 amide bonds. The molecule has 15 heavy (non-hydrogen) atoms. The molecule has 0 atom stereocenters. The predicted octanol–water partition coefficient (Wildman–Crippen LogP) is 5.55. The van der Waals surface area contributed by atoms with E-state index < -0.39 is 0 Å². The molecule has 0 unspecified atom stereocenters. The zero-order chi connectivity index (χ0) is 10.9. The average Bonchev–Trinajstić information content (AvgIpc) is 2.30. The third-order valence-corrected chi connectivity index (χ3v) is 4.82. The molecular weight excluding hydrogens is 248 g/mol. The fourth-order valence-corrected chi connectivity index (χ4v) is 3.36. The summed E-state index contributed by atoms with van der Waals surface area (Å²) in [6.07, 6.45) is 14.7. The summed E-state index contributed by atoms with van der Waals surface area (Å²) in [5, 5.41) is 1.23. The second-order valence-electron chi connectivity index (χ2n) is 5.24. The molecule has 0 aromatic carbocycles. The van der Waals surface area contributed by atoms with Crippen molar-refractivity contribution < 1.29 is 0 Å². The zero-order valence-electron chi connectivity index (χ0n) is 10.3. The van der Waals surface area contributed by atoms with Crippen molar-refractivity contribution in [2.45, 2.75) is 71.1 Å². The maximum atomic E-state index is 3.61. The van der Waals surface area contributed by atoms with Crippen molar-refractivity contribution in [1.82, 2.24) is 0 Å². The van der Waals surface area contributed by atoms with Crippen LogP contribution in [0.25, 0.3) is 0 Å². The molecule has 1 rings (SSSR count). The highest BCUT2D eigenvalue weighted by Crippen LogP contribution is 2.32. The first kappa shape index (κ1) is 13.5. The van der Waals surface area contributed by atoms with Gasteiger partial charge < -0.3 is 0 Å². The van der Waals surface area contributed by atoms with Crippen LogP contribution >= 0.6 is 15.9 Å². The highest BCUT2D eigenvalue weighted by Gasteiger charge is 2.19. The van der Waals surface area contributed by atoms with Gasteiger partial charge in [0.15, 0.2) is 0 Å². The summed E-state index contributed by atoms with van der Waals surface area (Å²) in [6, 6.07) is 0. The summed E-state index contributed by atoms with van der Waals surface area (Å²) in [5.74, 6) is 2.06. The van der Waals surface area contributed by atoms with E-state index in [1.807, 2.05) is 0 Å². The first-order valence-corrected chi connectivity index (χ1v) is 8.05. The summed E-state index contributed by atoms with van der Waals surface area (Å²) in [4.78, 5) is 0. The van der Waals surface area contributed by atoms with E-state index in [0.717, 1.165) is 11.8 Å². The minimum Gasteiger partial charge on any atom is -0.0925 e. The fourth-order valence-electron chi connectivity index (χ4n) is 2.71. The maximum Gasteiger partial charge on any atom is 0.00596 e. The van der Waals surface area contributed by atoms with Crippen LogP contribution in [-0.4, -0.2) is 5.33 Å². The van der Waals surface area contributed by atoms with E-state index in [0.29, 0.717) is 0 Å². The van der Waals surface area contributed by atoms with E-state index in [4.69, 9.17) is 0 Å². The lowest BCUT2D eigenvalue weighted by Gasteiger charge is -2.27. The third kappa shape index (κ3) is 5.94. The summed E-state index contributed by atoms with van der Waals surface area (Å²) in [7, 11) is 0. The first-order chi connectivity index (χ1) is 7.36. The molecule has 0 spiro atoms. The molecule has 90 valence electrons. The van der Waals surface area contributed by atoms with E-state index in [9.17, 15) is 0 Å². The van der Waals surface area contributed by atoms with Gasteiger partial charge in [-0.25, -0.2) is 0 Å². The number of unbranched alkanes of at least 4 members (excludes halogenated alkanes) is 4. The predicted molar refractivity (Wildman–Crippen MR) is 72.6 cm³/mol. The number of halogens is 1. The normalized spacial score (nSPS) is 26.8. The second kappa shape index (κ2) is 8.61. The maximum absolute atomic E-state index is 3.61. The number of hydrogen-bond acceptors (Lipinski definition) is 0. The third-order valence-electron chi connectivity index (χ3n) is 3.90. The van der Waals surface area contributed by atoms with Gasteiger partial charge in [-0.3, -0.25) is 0 Å². The lowest BCUT2D eigenvalue weighted by molar-refractivity contribution is 0.275. The van der Waals surface area contributed by atoms with Crippen molar-refractivity contribution in [3.05, 3.63) is 0 Å². The van der Waals surface area contributed by atoms with E-state index in [2.05, 4.69) is 22.9 Å². The summed E-state index contributed by atoms with van der Waals surface area (Å²) >= 11 is 3.61. The van der Waals surface area contributed by atoms with Gasteiger partial charge in [0.05, 0.1) is 0 Å². The first-order valence-electron chi connectivity index (χ1n) is 6.92. The second-order valence-corrected chi connectivity index (χ2v) is 5.89. The van der Waals surface area contributed by atoms with Gasteiger partial charge in [-0.2, -0.15) is 0 Å². The Balaban J connectivity index is 1.94. The topological polar surface area (TPSA) is 0 Å². The van der Waals surface area contributed by atoms with Crippen LogP contribution in [-0.2, 0) is 0 Å². The van der Waals surface area contributed by atoms with Crippen LogP contribution in [0.3, 0.4) is 0 Å². The van der Waals surface area contributed by atoms with Gasteiger partial charge >= 0.3 is 0 Å². The molecule has 1 saturated carbocycles. The summed E-state index contributed by atoms with van der Waals surface area (Å²) in [5.41, 5.74) is 0. The molecule has 0 aromatic heterocycles. The molecule has 0 radical (unpaired) electrons. The molecule has 0 bridgehead atoms. The van der Waals surface area contributed by atoms with Crippen LogP contribution in [0.2, 0.25) is 0 Å². The number of alkyl halides is 1. The van der Waals surface area contributed by atoms with Crippen LogP contribution < -0.4 is 0 Å². The Labute approximate surface area is 104 Å². The number of rotatable bonds is 7. The van der Waals surface area contributed by atoms with E-state index in [-0.39, 0.29) is 0 Å². The molecule has 1 fully saturated rings. The SMILES string of the molecule is CCCCCCC[C@H]1CC[C@H](CBr)CC1. The van der Waals surface area contributed by atoms with Crippen molar-refractivity contribution >= 4 is 15.9 Å². The lowest BCUT2D eigenvalue weighted by Crippen LogP contribution is -2.15. The molecule has 0 aliphatic heterocycles. The van der Waals surface area contributed by atoms with Gasteiger partial charge in [0.2, 0.25) is 0 Å². The van der Waals surface area contributed by atoms with E-state index in [1.54, 1.807) is 0 Å². The Bertz CT molecular complexity index is 136. The quantitative estimate of drug-likeness (QED) is 0.422. The molecule has 0 saturated heterocycles.